The van der Waals surface area contributed by atoms with Gasteiger partial charge in [-0.05, 0) is 125 Å². The van der Waals surface area contributed by atoms with E-state index < -0.39 is 58.7 Å². The third-order valence-electron chi connectivity index (χ3n) is 15.8. The van der Waals surface area contributed by atoms with Gasteiger partial charge >= 0.3 is 17.9 Å². The average Bonchev–Trinajstić information content (AvgIpc) is 0.753. The number of carbonyl (C=O) groups excluding carboxylic acids is 3. The zero-order chi connectivity index (χ0) is 76.3. The van der Waals surface area contributed by atoms with Crippen molar-refractivity contribution < 1.29 is 65.8 Å². The molecule has 100 heavy (non-hydrogen) atoms. The van der Waals surface area contributed by atoms with Crippen LogP contribution in [0.1, 0.15) is 148 Å². The lowest BCUT2D eigenvalue weighted by atomic mass is 9.85. The fourth-order valence-corrected chi connectivity index (χ4v) is 14.1. The van der Waals surface area contributed by atoms with E-state index in [1.54, 1.807) is 25.2 Å². The maximum Gasteiger partial charge on any atom is 0.313 e. The van der Waals surface area contributed by atoms with Crippen molar-refractivity contribution in [2.45, 2.75) is 199 Å². The van der Waals surface area contributed by atoms with Crippen molar-refractivity contribution in [3.8, 4) is 6.57 Å². The third-order valence-corrected chi connectivity index (χ3v) is 24.8. The lowest BCUT2D eigenvalue weighted by molar-refractivity contribution is -0.145. The van der Waals surface area contributed by atoms with Gasteiger partial charge in [0, 0.05) is 47.0 Å². The summed E-state index contributed by atoms with van der Waals surface area (Å²) in [6.07, 6.45) is 6.39. The van der Waals surface area contributed by atoms with Crippen LogP contribution < -0.4 is 5.73 Å². The molecule has 3 saturated heterocycles. The first kappa shape index (κ1) is 93.9. The van der Waals surface area contributed by atoms with Crippen LogP contribution in [0.3, 0.4) is 0 Å². The third kappa shape index (κ3) is 32.5. The van der Waals surface area contributed by atoms with E-state index in [1.165, 1.54) is 4.43 Å². The van der Waals surface area contributed by atoms with Crippen LogP contribution in [0, 0.1) is 29.6 Å². The molecule has 18 nitrogen and oxygen atoms in total. The Bertz CT molecular complexity index is 2950. The molecule has 4 atom stereocenters. The molecule has 3 aliphatic heterocycles. The second-order valence-electron chi connectivity index (χ2n) is 31.0. The van der Waals surface area contributed by atoms with Crippen molar-refractivity contribution in [1.82, 2.24) is 8.61 Å². The maximum absolute atomic E-state index is 13.7. The second-order valence-corrected chi connectivity index (χ2v) is 47.5. The Morgan fingerprint density at radius 1 is 0.600 bits per heavy atom. The van der Waals surface area contributed by atoms with Gasteiger partial charge in [-0.2, -0.15) is 8.61 Å². The Kier molecular flexibility index (Phi) is 43.2. The Hall–Kier alpha value is -4.12. The summed E-state index contributed by atoms with van der Waals surface area (Å²) in [6.45, 7) is 60.3. The number of nitrogens with zero attached hydrogens (tertiary/aromatic N) is 3. The number of hydrogen-bond donors (Lipinski definition) is 2. The first-order valence-electron chi connectivity index (χ1n) is 34.9. The van der Waals surface area contributed by atoms with Gasteiger partial charge in [0.1, 0.15) is 66.3 Å². The van der Waals surface area contributed by atoms with E-state index in [0.29, 0.717) is 71.1 Å². The number of hydrogen-bond acceptors (Lipinski definition) is 16. The summed E-state index contributed by atoms with van der Waals surface area (Å²) in [5, 5.41) is 14.1. The van der Waals surface area contributed by atoms with E-state index in [0.717, 1.165) is 57.8 Å². The molecule has 3 N–H and O–H groups in total. The second kappa shape index (κ2) is 46.0. The number of esters is 3. The highest BCUT2D eigenvalue weighted by Crippen LogP contribution is 2.42. The highest BCUT2D eigenvalue weighted by atomic mass is 127. The lowest BCUT2D eigenvalue weighted by Gasteiger charge is -2.50. The molecule has 0 saturated carbocycles. The largest absolute Gasteiger partial charge is 0.461 e. The Morgan fingerprint density at radius 2 is 0.910 bits per heavy atom. The van der Waals surface area contributed by atoms with E-state index in [9.17, 15) is 22.8 Å². The Labute approximate surface area is 624 Å². The molecule has 3 fully saturated rings. The molecule has 0 amide bonds. The summed E-state index contributed by atoms with van der Waals surface area (Å²) in [7, 11) is -5.02. The van der Waals surface area contributed by atoms with Gasteiger partial charge in [-0.3, -0.25) is 14.4 Å². The number of carbonyl (C=O) groups is 3. The molecule has 0 aliphatic carbocycles. The minimum absolute atomic E-state index is 0.198. The molecule has 6 rings (SSSR count). The minimum atomic E-state index is -1.30. The van der Waals surface area contributed by atoms with Crippen molar-refractivity contribution in [3.05, 3.63) is 144 Å². The van der Waals surface area contributed by atoms with Crippen LogP contribution in [0.2, 0.25) is 51.4 Å². The van der Waals surface area contributed by atoms with Gasteiger partial charge in [0.2, 0.25) is 0 Å². The zero-order valence-electron chi connectivity index (χ0n) is 64.3. The lowest BCUT2D eigenvalue weighted by Crippen LogP contribution is -2.62. The molecular formula is C77H127IN4O14S2Si2. The molecule has 3 aliphatic rings. The van der Waals surface area contributed by atoms with Crippen LogP contribution in [0.5, 0.6) is 0 Å². The predicted octanol–water partition coefficient (Wildman–Crippen LogP) is 15.1. The summed E-state index contributed by atoms with van der Waals surface area (Å²) in [4.78, 5) is 36.9. The monoisotopic (exact) mass is 1580 g/mol. The summed E-state index contributed by atoms with van der Waals surface area (Å²) in [5.74, 6) is 0.316. The smallest absolute Gasteiger partial charge is 0.313 e. The zero-order valence-corrected chi connectivity index (χ0v) is 70.0. The topological polar surface area (TPSA) is 236 Å². The first-order chi connectivity index (χ1) is 46.7. The Morgan fingerprint density at radius 3 is 1.17 bits per heavy atom. The van der Waals surface area contributed by atoms with Crippen LogP contribution in [0.25, 0.3) is 0 Å². The highest BCUT2D eigenvalue weighted by Gasteiger charge is 2.52. The van der Waals surface area contributed by atoms with Gasteiger partial charge in [-0.25, -0.2) is 13.7 Å². The van der Waals surface area contributed by atoms with Gasteiger partial charge in [-0.15, -0.1) is 0 Å². The van der Waals surface area contributed by atoms with Gasteiger partial charge in [0.05, 0.1) is 72.9 Å². The van der Waals surface area contributed by atoms with Crippen LogP contribution >= 0.6 is 22.6 Å². The first-order valence-corrected chi connectivity index (χ1v) is 46.0. The molecule has 3 heterocycles. The van der Waals surface area contributed by atoms with Crippen molar-refractivity contribution in [2.24, 2.45) is 23.5 Å². The number of aliphatic hydroxyl groups is 1. The fourth-order valence-electron chi connectivity index (χ4n) is 9.90. The molecule has 0 spiro atoms. The highest BCUT2D eigenvalue weighted by molar-refractivity contribution is 14.1. The Balaban J connectivity index is 0.000000716. The number of benzene rings is 3. The molecule has 0 radical (unpaired) electrons. The normalized spacial score (nSPS) is 16.3. The van der Waals surface area contributed by atoms with Gasteiger partial charge < -0.3 is 48.7 Å². The number of aliphatic hydroxyl groups excluding tert-OH is 1. The molecule has 0 bridgehead atoms. The summed E-state index contributed by atoms with van der Waals surface area (Å²) in [5.41, 5.74) is 10.6. The number of nitrogens with two attached hydrogens (primary N) is 1. The van der Waals surface area contributed by atoms with E-state index in [1.807, 2.05) is 123 Å². The maximum atomic E-state index is 13.7. The van der Waals surface area contributed by atoms with Crippen molar-refractivity contribution in [2.75, 3.05) is 97.2 Å². The average molecular weight is 1580 g/mol. The SMILES string of the molecule is C#N.C=CCOC(=O)C(CC(C)C)c1ccc(C2(N(COCC[Si](C)(C)C)S(=O)C(C)(C)C)COC2)cc1.C=CCOC(=O)C(CC(C)C)c1ccc(C2(N)COC2)cc1.C=CCOC(=O)Cc1ccc(C2(N(COCC[Si](C)(C)C)S(=O)C(C)(C)C)COC2)cc1.CC(C)CI.CCO. The summed E-state index contributed by atoms with van der Waals surface area (Å²) >= 11 is 2.38. The van der Waals surface area contributed by atoms with Gasteiger partial charge in [0.25, 0.3) is 0 Å². The molecule has 23 heteroatoms. The van der Waals surface area contributed by atoms with E-state index in [4.69, 9.17) is 54.0 Å². The van der Waals surface area contributed by atoms with Crippen LogP contribution in [-0.2, 0) is 97.3 Å². The number of nitriles is 1. The van der Waals surface area contributed by atoms with Crippen LogP contribution in [0.15, 0.2) is 111 Å². The number of rotatable bonds is 34. The van der Waals surface area contributed by atoms with Gasteiger partial charge in [0.15, 0.2) is 0 Å². The molecule has 3 aromatic carbocycles. The quantitative estimate of drug-likeness (QED) is 0.00826. The van der Waals surface area contributed by atoms with Crippen molar-refractivity contribution >= 4 is 78.6 Å². The number of halogens is 1. The molecule has 566 valence electrons. The molecular weight excluding hydrogens is 1450 g/mol. The van der Waals surface area contributed by atoms with Crippen molar-refractivity contribution in [1.29, 1.82) is 5.26 Å². The molecule has 4 unspecified atom stereocenters. The standard InChI is InChI=1S/C28H47NO5SSi.C24H39NO5SSi.C18H25NO3.C4H9I.C2H6O.CHN/c1-10-15-34-26(30)25(18-22(2)3)23-11-13-24(14-12-23)28(19-33-20-28)29(35(31)27(4,5)6)21-32-16-17-36(7,8)9;1-8-13-30-22(26)16-20-9-11-21(12-10-20)24(17-29-18-24)25(31(27)23(2,3)4)19-28-14-15-32(5,6)7;1-4-9-22-17(20)16(10-13(2)3)14-5-7-15(8-6-14)18(19)11-21-12-18;1-4(2)3-5;1-2-3;1-2/h10-14,22,25H,1,15-21H2,2-9H3;8-12H,1,13-19H2,2-7H3;4-8,13,16H,1,9-12,19H2,2-3H3;4H,3H2,1-2H3;3H,2H2,1H3;1H. The number of alkyl halides is 1. The van der Waals surface area contributed by atoms with Crippen molar-refractivity contribution in [3.63, 3.8) is 0 Å². The van der Waals surface area contributed by atoms with E-state index in [-0.39, 0.29) is 81.6 Å². The van der Waals surface area contributed by atoms with Crippen LogP contribution in [-0.4, -0.2) is 163 Å². The predicted molar refractivity (Wildman–Crippen MR) is 423 cm³/mol. The minimum Gasteiger partial charge on any atom is -0.461 e. The molecule has 0 aromatic heterocycles. The fraction of sp³-hybridized carbons (Fsp3) is 0.636. The number of ether oxygens (including phenoxy) is 8. The van der Waals surface area contributed by atoms with Crippen LogP contribution in [0.4, 0.5) is 0 Å². The summed E-state index contributed by atoms with van der Waals surface area (Å²) < 4.78 is 75.9. The molecule has 3 aromatic rings. The van der Waals surface area contributed by atoms with E-state index in [2.05, 4.69) is 130 Å². The van der Waals surface area contributed by atoms with Gasteiger partial charge in [-0.1, -0.05) is 214 Å². The van der Waals surface area contributed by atoms with E-state index >= 15 is 0 Å². The summed E-state index contributed by atoms with van der Waals surface area (Å²) in [6, 6.07) is 26.0.